The van der Waals surface area contributed by atoms with E-state index >= 15 is 0 Å². The Morgan fingerprint density at radius 2 is 2.00 bits per heavy atom. The Hall–Kier alpha value is -2.77. The zero-order valence-electron chi connectivity index (χ0n) is 13.7. The highest BCUT2D eigenvalue weighted by molar-refractivity contribution is 5.93. The molecule has 1 saturated heterocycles. The molecular formula is C18H17N3O4. The van der Waals surface area contributed by atoms with E-state index in [1.807, 2.05) is 24.3 Å². The number of nitrogens with zero attached hydrogens (tertiary/aromatic N) is 3. The Bertz CT molecular complexity index is 950. The SMILES string of the molecule is COc1cc(-c2ccncc2)c2ncc(=O)n(CC3OCCO3)c2c1. The second-order valence-corrected chi connectivity index (χ2v) is 5.66. The minimum Gasteiger partial charge on any atom is -0.497 e. The lowest BCUT2D eigenvalue weighted by Crippen LogP contribution is -2.27. The topological polar surface area (TPSA) is 75.5 Å². The second-order valence-electron chi connectivity index (χ2n) is 5.66. The molecule has 1 aliphatic heterocycles. The third-order valence-corrected chi connectivity index (χ3v) is 4.17. The van der Waals surface area contributed by atoms with Gasteiger partial charge >= 0.3 is 0 Å². The van der Waals surface area contributed by atoms with E-state index in [2.05, 4.69) is 9.97 Å². The lowest BCUT2D eigenvalue weighted by molar-refractivity contribution is -0.0523. The molecule has 0 spiro atoms. The highest BCUT2D eigenvalue weighted by Gasteiger charge is 2.20. The fourth-order valence-corrected chi connectivity index (χ4v) is 2.96. The van der Waals surface area contributed by atoms with Crippen LogP contribution in [0, 0.1) is 0 Å². The van der Waals surface area contributed by atoms with Crippen LogP contribution in [0.2, 0.25) is 0 Å². The average Bonchev–Trinajstić information content (AvgIpc) is 3.17. The Morgan fingerprint density at radius 3 is 2.72 bits per heavy atom. The van der Waals surface area contributed by atoms with Crippen LogP contribution >= 0.6 is 0 Å². The first kappa shape index (κ1) is 15.7. The van der Waals surface area contributed by atoms with Gasteiger partial charge in [-0.15, -0.1) is 0 Å². The van der Waals surface area contributed by atoms with Crippen molar-refractivity contribution in [2.45, 2.75) is 12.8 Å². The van der Waals surface area contributed by atoms with Crippen LogP contribution in [0.15, 0.2) is 47.7 Å². The Balaban J connectivity index is 1.93. The highest BCUT2D eigenvalue weighted by Crippen LogP contribution is 2.31. The van der Waals surface area contributed by atoms with Crippen LogP contribution in [0.25, 0.3) is 22.2 Å². The molecule has 7 heteroatoms. The Morgan fingerprint density at radius 1 is 1.24 bits per heavy atom. The summed E-state index contributed by atoms with van der Waals surface area (Å²) in [4.78, 5) is 20.8. The molecule has 128 valence electrons. The fraction of sp³-hybridized carbons (Fsp3) is 0.278. The number of rotatable bonds is 4. The molecule has 3 aromatic rings. The number of methoxy groups -OCH3 is 1. The molecule has 4 rings (SSSR count). The zero-order chi connectivity index (χ0) is 17.2. The molecule has 1 aromatic carbocycles. The maximum absolute atomic E-state index is 12.4. The van der Waals surface area contributed by atoms with E-state index in [4.69, 9.17) is 14.2 Å². The summed E-state index contributed by atoms with van der Waals surface area (Å²) >= 11 is 0. The van der Waals surface area contributed by atoms with Crippen molar-refractivity contribution < 1.29 is 14.2 Å². The van der Waals surface area contributed by atoms with Crippen molar-refractivity contribution in [1.29, 1.82) is 0 Å². The number of aromatic nitrogens is 3. The van der Waals surface area contributed by atoms with E-state index in [0.29, 0.717) is 36.5 Å². The summed E-state index contributed by atoms with van der Waals surface area (Å²) in [6, 6.07) is 7.51. The summed E-state index contributed by atoms with van der Waals surface area (Å²) in [5.41, 5.74) is 3.01. The van der Waals surface area contributed by atoms with Gasteiger partial charge in [-0.1, -0.05) is 0 Å². The molecule has 0 saturated carbocycles. The number of hydrogen-bond donors (Lipinski definition) is 0. The van der Waals surface area contributed by atoms with Crippen molar-refractivity contribution in [3.05, 3.63) is 53.2 Å². The van der Waals surface area contributed by atoms with Crippen molar-refractivity contribution in [3.63, 3.8) is 0 Å². The molecule has 7 nitrogen and oxygen atoms in total. The molecule has 0 N–H and O–H groups in total. The molecular weight excluding hydrogens is 322 g/mol. The summed E-state index contributed by atoms with van der Waals surface area (Å²) < 4.78 is 18.0. The molecule has 2 aromatic heterocycles. The molecule has 1 fully saturated rings. The number of ether oxygens (including phenoxy) is 3. The van der Waals surface area contributed by atoms with Gasteiger partial charge in [0.15, 0.2) is 6.29 Å². The van der Waals surface area contributed by atoms with E-state index < -0.39 is 6.29 Å². The van der Waals surface area contributed by atoms with Crippen molar-refractivity contribution in [2.75, 3.05) is 20.3 Å². The molecule has 0 aliphatic carbocycles. The minimum atomic E-state index is -0.432. The van der Waals surface area contributed by atoms with Gasteiger partial charge in [-0.25, -0.2) is 4.98 Å². The largest absolute Gasteiger partial charge is 0.497 e. The third-order valence-electron chi connectivity index (χ3n) is 4.17. The number of fused-ring (bicyclic) bond motifs is 1. The number of benzene rings is 1. The Kier molecular flexibility index (Phi) is 4.17. The highest BCUT2D eigenvalue weighted by atomic mass is 16.7. The van der Waals surface area contributed by atoms with Crippen LogP contribution in [-0.2, 0) is 16.0 Å². The standard InChI is InChI=1S/C18H17N3O4/c1-23-13-8-14(12-2-4-19-5-3-12)18-15(9-13)21(16(22)10-20-18)11-17-24-6-7-25-17/h2-5,8-10,17H,6-7,11H2,1H3. The fourth-order valence-electron chi connectivity index (χ4n) is 2.96. The smallest absolute Gasteiger partial charge is 0.269 e. The van der Waals surface area contributed by atoms with Gasteiger partial charge in [0, 0.05) is 24.0 Å². The van der Waals surface area contributed by atoms with Crippen LogP contribution < -0.4 is 10.3 Å². The lowest BCUT2D eigenvalue weighted by atomic mass is 10.0. The first-order chi connectivity index (χ1) is 12.3. The minimum absolute atomic E-state index is 0.208. The van der Waals surface area contributed by atoms with E-state index in [9.17, 15) is 4.79 Å². The zero-order valence-corrected chi connectivity index (χ0v) is 13.7. The molecule has 0 bridgehead atoms. The molecule has 0 radical (unpaired) electrons. The van der Waals surface area contributed by atoms with Crippen LogP contribution in [0.5, 0.6) is 5.75 Å². The predicted molar refractivity (Wildman–Crippen MR) is 91.5 cm³/mol. The first-order valence-electron chi connectivity index (χ1n) is 7.97. The summed E-state index contributed by atoms with van der Waals surface area (Å²) in [5.74, 6) is 0.647. The van der Waals surface area contributed by atoms with Gasteiger partial charge in [-0.2, -0.15) is 0 Å². The van der Waals surface area contributed by atoms with Crippen LogP contribution in [0.1, 0.15) is 0 Å². The van der Waals surface area contributed by atoms with Crippen LogP contribution in [0.4, 0.5) is 0 Å². The summed E-state index contributed by atoms with van der Waals surface area (Å²) in [5, 5.41) is 0. The van der Waals surface area contributed by atoms with E-state index in [0.717, 1.165) is 11.1 Å². The van der Waals surface area contributed by atoms with E-state index in [1.165, 1.54) is 6.20 Å². The van der Waals surface area contributed by atoms with Gasteiger partial charge in [0.05, 0.1) is 44.1 Å². The quantitative estimate of drug-likeness (QED) is 0.722. The van der Waals surface area contributed by atoms with Gasteiger partial charge in [0.25, 0.3) is 5.56 Å². The van der Waals surface area contributed by atoms with Crippen LogP contribution in [0.3, 0.4) is 0 Å². The number of pyridine rings is 1. The first-order valence-corrected chi connectivity index (χ1v) is 7.97. The molecule has 0 amide bonds. The molecule has 25 heavy (non-hydrogen) atoms. The summed E-state index contributed by atoms with van der Waals surface area (Å²) in [6.45, 7) is 1.38. The summed E-state index contributed by atoms with van der Waals surface area (Å²) in [7, 11) is 1.60. The van der Waals surface area contributed by atoms with Gasteiger partial charge in [-0.05, 0) is 23.8 Å². The monoisotopic (exact) mass is 339 g/mol. The maximum atomic E-state index is 12.4. The van der Waals surface area contributed by atoms with E-state index in [1.54, 1.807) is 24.1 Å². The lowest BCUT2D eigenvalue weighted by Gasteiger charge is -2.16. The predicted octanol–water partition coefficient (Wildman–Crippen LogP) is 1.84. The molecule has 1 aliphatic rings. The molecule has 3 heterocycles. The van der Waals surface area contributed by atoms with Gasteiger partial charge in [-0.3, -0.25) is 9.78 Å². The normalized spacial score (nSPS) is 14.9. The van der Waals surface area contributed by atoms with Crippen molar-refractivity contribution >= 4 is 11.0 Å². The van der Waals surface area contributed by atoms with Crippen LogP contribution in [-0.4, -0.2) is 41.1 Å². The van der Waals surface area contributed by atoms with Crippen molar-refractivity contribution in [2.24, 2.45) is 0 Å². The molecule has 0 unspecified atom stereocenters. The van der Waals surface area contributed by atoms with Gasteiger partial charge in [0.1, 0.15) is 5.75 Å². The van der Waals surface area contributed by atoms with Crippen molar-refractivity contribution in [1.82, 2.24) is 14.5 Å². The Labute approximate surface area is 143 Å². The second kappa shape index (κ2) is 6.62. The average molecular weight is 339 g/mol. The number of hydrogen-bond acceptors (Lipinski definition) is 6. The van der Waals surface area contributed by atoms with E-state index in [-0.39, 0.29) is 5.56 Å². The van der Waals surface area contributed by atoms with Crippen molar-refractivity contribution in [3.8, 4) is 16.9 Å². The van der Waals surface area contributed by atoms with Gasteiger partial charge in [0.2, 0.25) is 0 Å². The third kappa shape index (κ3) is 2.99. The molecule has 0 atom stereocenters. The summed E-state index contributed by atoms with van der Waals surface area (Å²) in [6.07, 6.45) is 4.33. The maximum Gasteiger partial charge on any atom is 0.269 e. The van der Waals surface area contributed by atoms with Gasteiger partial charge < -0.3 is 18.8 Å².